The van der Waals surface area contributed by atoms with Crippen molar-refractivity contribution in [1.82, 2.24) is 10.3 Å². The van der Waals surface area contributed by atoms with E-state index < -0.39 is 4.92 Å². The molecule has 6 heteroatoms. The van der Waals surface area contributed by atoms with Crippen molar-refractivity contribution >= 4 is 5.69 Å². The summed E-state index contributed by atoms with van der Waals surface area (Å²) < 4.78 is 5.66. The monoisotopic (exact) mass is 275 g/mol. The van der Waals surface area contributed by atoms with Gasteiger partial charge in [-0.3, -0.25) is 10.1 Å². The molecule has 0 aliphatic rings. The zero-order chi connectivity index (χ0) is 14.5. The molecular weight excluding hydrogens is 258 g/mol. The van der Waals surface area contributed by atoms with Crippen molar-refractivity contribution in [1.29, 1.82) is 0 Å². The van der Waals surface area contributed by atoms with Gasteiger partial charge in [0.1, 0.15) is 0 Å². The lowest BCUT2D eigenvalue weighted by Gasteiger charge is -2.02. The van der Waals surface area contributed by atoms with Crippen LogP contribution in [-0.4, -0.2) is 23.0 Å². The third-order valence-corrected chi connectivity index (χ3v) is 3.02. The van der Waals surface area contributed by atoms with E-state index in [1.807, 2.05) is 13.8 Å². The lowest BCUT2D eigenvalue weighted by atomic mass is 10.1. The summed E-state index contributed by atoms with van der Waals surface area (Å²) in [7, 11) is 0. The average molecular weight is 275 g/mol. The van der Waals surface area contributed by atoms with Crippen LogP contribution < -0.4 is 5.32 Å². The molecule has 0 radical (unpaired) electrons. The first-order valence-corrected chi connectivity index (χ1v) is 6.52. The molecule has 0 saturated heterocycles. The van der Waals surface area contributed by atoms with Crippen molar-refractivity contribution in [2.45, 2.75) is 20.3 Å². The normalized spacial score (nSPS) is 10.7. The maximum Gasteiger partial charge on any atom is 0.270 e. The molecule has 1 aromatic heterocycles. The number of non-ortho nitro benzene ring substituents is 1. The number of benzene rings is 1. The summed E-state index contributed by atoms with van der Waals surface area (Å²) in [5, 5.41) is 14.0. The Kier molecular flexibility index (Phi) is 4.47. The summed E-state index contributed by atoms with van der Waals surface area (Å²) in [6, 6.07) is 4.72. The van der Waals surface area contributed by atoms with Gasteiger partial charge in [0.2, 0.25) is 0 Å². The molecule has 106 valence electrons. The van der Waals surface area contributed by atoms with Crippen molar-refractivity contribution in [2.75, 3.05) is 13.1 Å². The van der Waals surface area contributed by atoms with Gasteiger partial charge >= 0.3 is 0 Å². The Bertz CT molecular complexity index is 607. The lowest BCUT2D eigenvalue weighted by Crippen LogP contribution is -2.16. The van der Waals surface area contributed by atoms with Crippen LogP contribution in [0.1, 0.15) is 18.4 Å². The molecular formula is C14H17N3O3. The van der Waals surface area contributed by atoms with Gasteiger partial charge in [0.15, 0.2) is 11.7 Å². The topological polar surface area (TPSA) is 81.2 Å². The second-order valence-electron chi connectivity index (χ2n) is 4.48. The van der Waals surface area contributed by atoms with Gasteiger partial charge in [-0.15, -0.1) is 0 Å². The minimum atomic E-state index is -0.411. The van der Waals surface area contributed by atoms with Crippen LogP contribution in [0.3, 0.4) is 0 Å². The van der Waals surface area contributed by atoms with Crippen molar-refractivity contribution < 1.29 is 9.34 Å². The second-order valence-corrected chi connectivity index (χ2v) is 4.48. The summed E-state index contributed by atoms with van der Waals surface area (Å²) in [5.41, 5.74) is 1.68. The van der Waals surface area contributed by atoms with Crippen molar-refractivity contribution in [2.24, 2.45) is 0 Å². The molecule has 0 aliphatic heterocycles. The molecule has 0 saturated carbocycles. The predicted octanol–water partition coefficient (Wildman–Crippen LogP) is 2.71. The van der Waals surface area contributed by atoms with E-state index in [-0.39, 0.29) is 5.69 Å². The van der Waals surface area contributed by atoms with Gasteiger partial charge < -0.3 is 9.73 Å². The number of nitrogens with zero attached hydrogens (tertiary/aromatic N) is 2. The highest BCUT2D eigenvalue weighted by molar-refractivity contribution is 5.64. The van der Waals surface area contributed by atoms with E-state index in [1.54, 1.807) is 12.3 Å². The molecule has 0 unspecified atom stereocenters. The summed E-state index contributed by atoms with van der Waals surface area (Å²) >= 11 is 0. The van der Waals surface area contributed by atoms with Crippen LogP contribution in [0.15, 0.2) is 28.8 Å². The first-order chi connectivity index (χ1) is 9.61. The minimum absolute atomic E-state index is 0.0520. The van der Waals surface area contributed by atoms with Crippen LogP contribution in [0.5, 0.6) is 0 Å². The number of nitro benzene ring substituents is 1. The third kappa shape index (κ3) is 3.21. The first-order valence-electron chi connectivity index (χ1n) is 6.52. The van der Waals surface area contributed by atoms with Gasteiger partial charge in [0, 0.05) is 30.7 Å². The quantitative estimate of drug-likeness (QED) is 0.498. The number of hydrogen-bond acceptors (Lipinski definition) is 5. The molecule has 0 fully saturated rings. The maximum absolute atomic E-state index is 10.8. The number of aromatic nitrogens is 1. The second kappa shape index (κ2) is 6.29. The van der Waals surface area contributed by atoms with Crippen LogP contribution in [0.25, 0.3) is 11.3 Å². The Labute approximate surface area is 117 Å². The van der Waals surface area contributed by atoms with Gasteiger partial charge in [0.05, 0.1) is 11.1 Å². The van der Waals surface area contributed by atoms with Gasteiger partial charge in [-0.05, 0) is 19.0 Å². The van der Waals surface area contributed by atoms with Gasteiger partial charge in [-0.25, -0.2) is 4.98 Å². The molecule has 2 aromatic rings. The van der Waals surface area contributed by atoms with Crippen molar-refractivity contribution in [3.8, 4) is 11.3 Å². The number of likely N-dealkylation sites (N-methyl/N-ethyl adjacent to an activating group) is 1. The van der Waals surface area contributed by atoms with Crippen LogP contribution in [0, 0.1) is 17.0 Å². The highest BCUT2D eigenvalue weighted by Crippen LogP contribution is 2.28. The minimum Gasteiger partial charge on any atom is -0.441 e. The Morgan fingerprint density at radius 1 is 1.45 bits per heavy atom. The van der Waals surface area contributed by atoms with Crippen LogP contribution in [0.2, 0.25) is 0 Å². The predicted molar refractivity (Wildman–Crippen MR) is 75.6 cm³/mol. The SMILES string of the molecule is CCNCCc1ncc(-c2cc([N+](=O)[O-])ccc2C)o1. The van der Waals surface area contributed by atoms with E-state index in [0.717, 1.165) is 18.7 Å². The van der Waals surface area contributed by atoms with Gasteiger partial charge in [0.25, 0.3) is 5.69 Å². The molecule has 1 heterocycles. The lowest BCUT2D eigenvalue weighted by molar-refractivity contribution is -0.384. The fraction of sp³-hybridized carbons (Fsp3) is 0.357. The highest BCUT2D eigenvalue weighted by Gasteiger charge is 2.13. The Morgan fingerprint density at radius 2 is 2.25 bits per heavy atom. The molecule has 0 amide bonds. The molecule has 2 rings (SSSR count). The number of aryl methyl sites for hydroxylation is 1. The molecule has 0 aliphatic carbocycles. The largest absolute Gasteiger partial charge is 0.441 e. The fourth-order valence-electron chi connectivity index (χ4n) is 1.91. The number of oxazole rings is 1. The van der Waals surface area contributed by atoms with E-state index in [0.29, 0.717) is 23.6 Å². The standard InChI is InChI=1S/C14H17N3O3/c1-3-15-7-6-14-16-9-13(20-14)12-8-11(17(18)19)5-4-10(12)2/h4-5,8-9,15H,3,6-7H2,1-2H3. The van der Waals surface area contributed by atoms with E-state index in [1.165, 1.54) is 12.1 Å². The van der Waals surface area contributed by atoms with Crippen molar-refractivity contribution in [3.63, 3.8) is 0 Å². The zero-order valence-electron chi connectivity index (χ0n) is 11.5. The van der Waals surface area contributed by atoms with E-state index in [2.05, 4.69) is 10.3 Å². The number of hydrogen-bond donors (Lipinski definition) is 1. The molecule has 20 heavy (non-hydrogen) atoms. The van der Waals surface area contributed by atoms with E-state index >= 15 is 0 Å². The Morgan fingerprint density at radius 3 is 2.95 bits per heavy atom. The van der Waals surface area contributed by atoms with Crippen LogP contribution in [-0.2, 0) is 6.42 Å². The van der Waals surface area contributed by atoms with Gasteiger partial charge in [-0.2, -0.15) is 0 Å². The van der Waals surface area contributed by atoms with Gasteiger partial charge in [-0.1, -0.05) is 13.0 Å². The molecule has 1 aromatic carbocycles. The number of nitro groups is 1. The van der Waals surface area contributed by atoms with Crippen LogP contribution >= 0.6 is 0 Å². The molecule has 6 nitrogen and oxygen atoms in total. The first kappa shape index (κ1) is 14.2. The molecule has 0 atom stereocenters. The number of rotatable bonds is 6. The van der Waals surface area contributed by atoms with E-state index in [4.69, 9.17) is 4.42 Å². The Hall–Kier alpha value is -2.21. The molecule has 0 bridgehead atoms. The number of nitrogens with one attached hydrogen (secondary N) is 1. The summed E-state index contributed by atoms with van der Waals surface area (Å²) in [6.45, 7) is 5.62. The summed E-state index contributed by atoms with van der Waals surface area (Å²) in [5.74, 6) is 1.20. The third-order valence-electron chi connectivity index (χ3n) is 3.02. The maximum atomic E-state index is 10.8. The summed E-state index contributed by atoms with van der Waals surface area (Å²) in [6.07, 6.45) is 2.31. The molecule has 0 spiro atoms. The fourth-order valence-corrected chi connectivity index (χ4v) is 1.91. The van der Waals surface area contributed by atoms with Crippen molar-refractivity contribution in [3.05, 3.63) is 46.0 Å². The summed E-state index contributed by atoms with van der Waals surface area (Å²) in [4.78, 5) is 14.6. The Balaban J connectivity index is 2.23. The molecule has 1 N–H and O–H groups in total. The smallest absolute Gasteiger partial charge is 0.270 e. The zero-order valence-corrected chi connectivity index (χ0v) is 11.5. The van der Waals surface area contributed by atoms with E-state index in [9.17, 15) is 10.1 Å². The highest BCUT2D eigenvalue weighted by atomic mass is 16.6. The van der Waals surface area contributed by atoms with Crippen LogP contribution in [0.4, 0.5) is 5.69 Å². The average Bonchev–Trinajstić information content (AvgIpc) is 2.88.